The quantitative estimate of drug-likeness (QED) is 0.820. The molecule has 0 spiro atoms. The SMILES string of the molecule is CC(CC(=O)O)NC(=O)/C=C/c1ccc(Br)s1. The second-order valence-electron chi connectivity index (χ2n) is 3.48. The third-order valence-electron chi connectivity index (χ3n) is 1.86. The fraction of sp³-hybridized carbons (Fsp3) is 0.273. The molecule has 4 nitrogen and oxygen atoms in total. The first-order valence-electron chi connectivity index (χ1n) is 4.93. The van der Waals surface area contributed by atoms with Crippen molar-refractivity contribution in [1.82, 2.24) is 5.32 Å². The normalized spacial score (nSPS) is 12.6. The Kier molecular flexibility index (Phi) is 5.37. The molecule has 1 atom stereocenters. The van der Waals surface area contributed by atoms with Crippen LogP contribution in [0.25, 0.3) is 6.08 Å². The maximum absolute atomic E-state index is 11.4. The van der Waals surface area contributed by atoms with Crippen LogP contribution >= 0.6 is 27.3 Å². The number of carbonyl (C=O) groups excluding carboxylic acids is 1. The zero-order valence-corrected chi connectivity index (χ0v) is 11.5. The highest BCUT2D eigenvalue weighted by atomic mass is 79.9. The first-order valence-corrected chi connectivity index (χ1v) is 6.54. The summed E-state index contributed by atoms with van der Waals surface area (Å²) in [5.41, 5.74) is 0. The molecular weight excluding hydrogens is 306 g/mol. The van der Waals surface area contributed by atoms with Crippen LogP contribution in [-0.4, -0.2) is 23.0 Å². The summed E-state index contributed by atoms with van der Waals surface area (Å²) in [6.45, 7) is 1.65. The van der Waals surface area contributed by atoms with E-state index in [0.717, 1.165) is 8.66 Å². The Balaban J connectivity index is 2.44. The molecule has 0 aliphatic rings. The van der Waals surface area contributed by atoms with Crippen molar-refractivity contribution in [3.05, 3.63) is 26.9 Å². The van der Waals surface area contributed by atoms with Gasteiger partial charge in [-0.25, -0.2) is 0 Å². The number of nitrogens with one attached hydrogen (secondary N) is 1. The topological polar surface area (TPSA) is 66.4 Å². The maximum atomic E-state index is 11.4. The molecule has 6 heteroatoms. The van der Waals surface area contributed by atoms with Gasteiger partial charge in [0.25, 0.3) is 0 Å². The number of amides is 1. The monoisotopic (exact) mass is 317 g/mol. The Labute approximate surface area is 111 Å². The molecule has 17 heavy (non-hydrogen) atoms. The molecule has 1 aromatic heterocycles. The van der Waals surface area contributed by atoms with E-state index >= 15 is 0 Å². The summed E-state index contributed by atoms with van der Waals surface area (Å²) in [4.78, 5) is 22.8. The highest BCUT2D eigenvalue weighted by Crippen LogP contribution is 2.22. The Morgan fingerprint density at radius 1 is 1.59 bits per heavy atom. The molecule has 0 saturated carbocycles. The summed E-state index contributed by atoms with van der Waals surface area (Å²) in [6, 6.07) is 3.41. The molecule has 2 N–H and O–H groups in total. The lowest BCUT2D eigenvalue weighted by atomic mass is 10.2. The average Bonchev–Trinajstić information content (AvgIpc) is 2.59. The van der Waals surface area contributed by atoms with E-state index in [-0.39, 0.29) is 18.4 Å². The van der Waals surface area contributed by atoms with Crippen molar-refractivity contribution >= 4 is 45.2 Å². The van der Waals surface area contributed by atoms with Crippen molar-refractivity contribution in [3.8, 4) is 0 Å². The highest BCUT2D eigenvalue weighted by Gasteiger charge is 2.08. The van der Waals surface area contributed by atoms with E-state index in [1.807, 2.05) is 12.1 Å². The minimum Gasteiger partial charge on any atom is -0.481 e. The summed E-state index contributed by atoms with van der Waals surface area (Å²) in [5.74, 6) is -1.22. The summed E-state index contributed by atoms with van der Waals surface area (Å²) in [6.07, 6.45) is 3.01. The average molecular weight is 318 g/mol. The Bertz CT molecular complexity index is 442. The molecule has 1 aromatic rings. The van der Waals surface area contributed by atoms with Crippen LogP contribution in [-0.2, 0) is 9.59 Å². The van der Waals surface area contributed by atoms with Crippen LogP contribution in [0.4, 0.5) is 0 Å². The second-order valence-corrected chi connectivity index (χ2v) is 5.98. The minimum absolute atomic E-state index is 0.0792. The van der Waals surface area contributed by atoms with E-state index in [1.54, 1.807) is 13.0 Å². The molecule has 0 saturated heterocycles. The van der Waals surface area contributed by atoms with Crippen LogP contribution in [0.1, 0.15) is 18.2 Å². The summed E-state index contributed by atoms with van der Waals surface area (Å²) in [7, 11) is 0. The van der Waals surface area contributed by atoms with Crippen LogP contribution in [0.2, 0.25) is 0 Å². The van der Waals surface area contributed by atoms with E-state index in [9.17, 15) is 9.59 Å². The van der Waals surface area contributed by atoms with Gasteiger partial charge in [-0.15, -0.1) is 11.3 Å². The molecule has 0 fully saturated rings. The van der Waals surface area contributed by atoms with Gasteiger partial charge in [0, 0.05) is 17.0 Å². The molecule has 1 amide bonds. The van der Waals surface area contributed by atoms with Crippen LogP contribution in [0.5, 0.6) is 0 Å². The number of rotatable bonds is 5. The zero-order valence-electron chi connectivity index (χ0n) is 9.14. The smallest absolute Gasteiger partial charge is 0.305 e. The number of hydrogen-bond donors (Lipinski definition) is 2. The van der Waals surface area contributed by atoms with Gasteiger partial charge >= 0.3 is 5.97 Å². The molecule has 0 radical (unpaired) electrons. The summed E-state index contributed by atoms with van der Waals surface area (Å²) >= 11 is 4.84. The number of carbonyl (C=O) groups is 2. The molecule has 1 rings (SSSR count). The van der Waals surface area contributed by atoms with E-state index in [2.05, 4.69) is 21.2 Å². The van der Waals surface area contributed by atoms with Crippen LogP contribution in [0.3, 0.4) is 0 Å². The second kappa shape index (κ2) is 6.56. The number of carboxylic acids is 1. The van der Waals surface area contributed by atoms with Gasteiger partial charge < -0.3 is 10.4 Å². The molecule has 92 valence electrons. The molecule has 1 heterocycles. The Morgan fingerprint density at radius 3 is 2.82 bits per heavy atom. The van der Waals surface area contributed by atoms with Gasteiger partial charge in [-0.1, -0.05) is 0 Å². The van der Waals surface area contributed by atoms with Gasteiger partial charge in [0.05, 0.1) is 10.2 Å². The van der Waals surface area contributed by atoms with E-state index in [0.29, 0.717) is 0 Å². The zero-order chi connectivity index (χ0) is 12.8. The van der Waals surface area contributed by atoms with Gasteiger partial charge in [0.1, 0.15) is 0 Å². The number of thiophene rings is 1. The van der Waals surface area contributed by atoms with Gasteiger partial charge in [0.15, 0.2) is 0 Å². The van der Waals surface area contributed by atoms with Crippen LogP contribution in [0, 0.1) is 0 Å². The highest BCUT2D eigenvalue weighted by molar-refractivity contribution is 9.11. The van der Waals surface area contributed by atoms with Crippen molar-refractivity contribution in [2.24, 2.45) is 0 Å². The molecule has 0 aliphatic carbocycles. The summed E-state index contributed by atoms with van der Waals surface area (Å²) in [5, 5.41) is 11.1. The molecule has 1 unspecified atom stereocenters. The van der Waals surface area contributed by atoms with Crippen molar-refractivity contribution in [2.45, 2.75) is 19.4 Å². The fourth-order valence-corrected chi connectivity index (χ4v) is 2.51. The lowest BCUT2D eigenvalue weighted by molar-refractivity contribution is -0.137. The molecule has 0 aliphatic heterocycles. The predicted molar refractivity (Wildman–Crippen MR) is 70.9 cm³/mol. The largest absolute Gasteiger partial charge is 0.481 e. The summed E-state index contributed by atoms with van der Waals surface area (Å²) < 4.78 is 0.997. The molecule has 0 aromatic carbocycles. The fourth-order valence-electron chi connectivity index (χ4n) is 1.18. The number of aliphatic carboxylic acids is 1. The van der Waals surface area contributed by atoms with Crippen molar-refractivity contribution in [1.29, 1.82) is 0 Å². The molecular formula is C11H12BrNO3S. The number of carboxylic acid groups (broad SMARTS) is 1. The van der Waals surface area contributed by atoms with Gasteiger partial charge in [0.2, 0.25) is 5.91 Å². The van der Waals surface area contributed by atoms with Gasteiger partial charge in [-0.3, -0.25) is 9.59 Å². The van der Waals surface area contributed by atoms with Crippen LogP contribution in [0.15, 0.2) is 22.0 Å². The van der Waals surface area contributed by atoms with E-state index < -0.39 is 5.97 Å². The first-order chi connectivity index (χ1) is 7.97. The lowest BCUT2D eigenvalue weighted by Gasteiger charge is -2.08. The first kappa shape index (κ1) is 13.9. The predicted octanol–water partition coefficient (Wildman–Crippen LogP) is 2.50. The van der Waals surface area contributed by atoms with Crippen molar-refractivity contribution in [2.75, 3.05) is 0 Å². The van der Waals surface area contributed by atoms with Gasteiger partial charge in [-0.2, -0.15) is 0 Å². The maximum Gasteiger partial charge on any atom is 0.305 e. The third-order valence-corrected chi connectivity index (χ3v) is 3.45. The number of halogens is 1. The van der Waals surface area contributed by atoms with E-state index in [1.165, 1.54) is 17.4 Å². The Morgan fingerprint density at radius 2 is 2.29 bits per heavy atom. The Hall–Kier alpha value is -1.14. The van der Waals surface area contributed by atoms with Gasteiger partial charge in [-0.05, 0) is 41.1 Å². The minimum atomic E-state index is -0.927. The third kappa shape index (κ3) is 5.65. The standard InChI is InChI=1S/C11H12BrNO3S/c1-7(6-11(15)16)13-10(14)5-3-8-2-4-9(12)17-8/h2-5,7H,6H2,1H3,(H,13,14)(H,15,16)/b5-3+. The molecule has 0 bridgehead atoms. The number of hydrogen-bond acceptors (Lipinski definition) is 3. The van der Waals surface area contributed by atoms with E-state index in [4.69, 9.17) is 5.11 Å². The van der Waals surface area contributed by atoms with Crippen LogP contribution < -0.4 is 5.32 Å². The lowest BCUT2D eigenvalue weighted by Crippen LogP contribution is -2.32. The van der Waals surface area contributed by atoms with Crippen molar-refractivity contribution < 1.29 is 14.7 Å². The van der Waals surface area contributed by atoms with Crippen molar-refractivity contribution in [3.63, 3.8) is 0 Å².